The van der Waals surface area contributed by atoms with Crippen molar-refractivity contribution in [1.29, 1.82) is 0 Å². The third-order valence-electron chi connectivity index (χ3n) is 4.22. The molecule has 16 heavy (non-hydrogen) atoms. The van der Waals surface area contributed by atoms with Crippen molar-refractivity contribution in [1.82, 2.24) is 5.32 Å². The summed E-state index contributed by atoms with van der Waals surface area (Å²) in [5, 5.41) is 13.9. The molecule has 1 aromatic rings. The monoisotopic (exact) mass is 217 g/mol. The third-order valence-corrected chi connectivity index (χ3v) is 4.22. The summed E-state index contributed by atoms with van der Waals surface area (Å²) < 4.78 is 0. The number of hydrogen-bond donors (Lipinski definition) is 2. The Labute approximate surface area is 96.7 Å². The van der Waals surface area contributed by atoms with Gasteiger partial charge in [0.2, 0.25) is 0 Å². The van der Waals surface area contributed by atoms with Crippen molar-refractivity contribution < 1.29 is 5.11 Å². The summed E-state index contributed by atoms with van der Waals surface area (Å²) >= 11 is 0. The van der Waals surface area contributed by atoms with Crippen molar-refractivity contribution in [2.24, 2.45) is 0 Å². The first-order chi connectivity index (χ1) is 7.71. The quantitative estimate of drug-likeness (QED) is 0.757. The predicted molar refractivity (Wildman–Crippen MR) is 64.7 cm³/mol. The molecule has 0 spiro atoms. The van der Waals surface area contributed by atoms with Crippen LogP contribution >= 0.6 is 0 Å². The van der Waals surface area contributed by atoms with Gasteiger partial charge in [-0.2, -0.15) is 0 Å². The van der Waals surface area contributed by atoms with Gasteiger partial charge >= 0.3 is 0 Å². The number of nitrogens with one attached hydrogen (secondary N) is 1. The number of aromatic hydroxyl groups is 1. The third kappa shape index (κ3) is 1.36. The van der Waals surface area contributed by atoms with Crippen LogP contribution in [0.2, 0.25) is 0 Å². The number of hydrogen-bond acceptors (Lipinski definition) is 2. The molecule has 1 fully saturated rings. The zero-order valence-electron chi connectivity index (χ0n) is 9.84. The Hall–Kier alpha value is -1.02. The van der Waals surface area contributed by atoms with E-state index in [2.05, 4.69) is 24.4 Å². The van der Waals surface area contributed by atoms with E-state index in [0.717, 1.165) is 31.4 Å². The fraction of sp³-hybridized carbons (Fsp3) is 0.571. The molecule has 2 N–H and O–H groups in total. The van der Waals surface area contributed by atoms with Gasteiger partial charge in [-0.25, -0.2) is 0 Å². The van der Waals surface area contributed by atoms with Gasteiger partial charge in [0.05, 0.1) is 0 Å². The van der Waals surface area contributed by atoms with Crippen LogP contribution in [0.5, 0.6) is 5.75 Å². The van der Waals surface area contributed by atoms with E-state index in [4.69, 9.17) is 0 Å². The summed E-state index contributed by atoms with van der Waals surface area (Å²) in [5.41, 5.74) is 3.64. The van der Waals surface area contributed by atoms with Crippen LogP contribution in [0.15, 0.2) is 12.1 Å². The van der Waals surface area contributed by atoms with Gasteiger partial charge in [0.25, 0.3) is 0 Å². The molecule has 2 aliphatic rings. The second-order valence-corrected chi connectivity index (χ2v) is 5.32. The minimum absolute atomic E-state index is 0.0122. The number of benzene rings is 1. The molecular weight excluding hydrogens is 198 g/mol. The van der Waals surface area contributed by atoms with Crippen LogP contribution in [-0.2, 0) is 18.4 Å². The van der Waals surface area contributed by atoms with Crippen LogP contribution in [0.1, 0.15) is 42.9 Å². The fourth-order valence-corrected chi connectivity index (χ4v) is 3.22. The van der Waals surface area contributed by atoms with Gasteiger partial charge in [-0.15, -0.1) is 0 Å². The molecule has 0 amide bonds. The minimum atomic E-state index is -0.0122. The van der Waals surface area contributed by atoms with Crippen LogP contribution in [-0.4, -0.2) is 11.7 Å². The molecule has 2 heteroatoms. The molecule has 0 radical (unpaired) electrons. The van der Waals surface area contributed by atoms with Gasteiger partial charge in [-0.1, -0.05) is 12.1 Å². The highest BCUT2D eigenvalue weighted by Crippen LogP contribution is 2.41. The van der Waals surface area contributed by atoms with E-state index < -0.39 is 0 Å². The Morgan fingerprint density at radius 2 is 2.12 bits per heavy atom. The van der Waals surface area contributed by atoms with Crippen molar-refractivity contribution in [3.63, 3.8) is 0 Å². The van der Waals surface area contributed by atoms with Crippen molar-refractivity contribution in [3.05, 3.63) is 28.8 Å². The number of fused-ring (bicyclic) bond motifs is 1. The molecular formula is C14H19NO. The van der Waals surface area contributed by atoms with E-state index in [1.807, 2.05) is 0 Å². The number of phenolic OH excluding ortho intramolecular Hbond substituents is 1. The molecule has 1 heterocycles. The van der Waals surface area contributed by atoms with E-state index in [-0.39, 0.29) is 5.54 Å². The molecule has 0 bridgehead atoms. The van der Waals surface area contributed by atoms with Crippen LogP contribution < -0.4 is 5.32 Å². The molecule has 3 rings (SSSR count). The summed E-state index contributed by atoms with van der Waals surface area (Å²) in [5.74, 6) is 0.562. The largest absolute Gasteiger partial charge is 0.507 e. The van der Waals surface area contributed by atoms with Crippen LogP contribution in [0.25, 0.3) is 0 Å². The van der Waals surface area contributed by atoms with Crippen LogP contribution in [0.4, 0.5) is 0 Å². The Morgan fingerprint density at radius 1 is 1.25 bits per heavy atom. The molecule has 1 atom stereocenters. The fourth-order valence-electron chi connectivity index (χ4n) is 3.22. The molecule has 1 unspecified atom stereocenters. The minimum Gasteiger partial charge on any atom is -0.507 e. The molecule has 1 aromatic carbocycles. The lowest BCUT2D eigenvalue weighted by Gasteiger charge is -2.27. The van der Waals surface area contributed by atoms with Gasteiger partial charge in [0, 0.05) is 11.1 Å². The summed E-state index contributed by atoms with van der Waals surface area (Å²) in [6, 6.07) is 4.33. The molecule has 0 saturated carbocycles. The molecule has 1 aliphatic heterocycles. The van der Waals surface area contributed by atoms with Crippen molar-refractivity contribution in [2.75, 3.05) is 6.54 Å². The number of rotatable bonds is 1. The maximum absolute atomic E-state index is 10.4. The molecule has 2 nitrogen and oxygen atoms in total. The predicted octanol–water partition coefficient (Wildman–Crippen LogP) is 2.48. The maximum atomic E-state index is 10.4. The Kier molecular flexibility index (Phi) is 2.21. The summed E-state index contributed by atoms with van der Waals surface area (Å²) in [6.07, 6.45) is 5.70. The summed E-state index contributed by atoms with van der Waals surface area (Å²) in [4.78, 5) is 0. The number of phenols is 1. The van der Waals surface area contributed by atoms with E-state index in [1.165, 1.54) is 24.0 Å². The standard InChI is InChI=1S/C14H19NO/c1-14(8-3-9-15-14)12-7-6-10-4-2-5-11(10)13(12)16/h6-7,15-16H,2-5,8-9H2,1H3. The highest BCUT2D eigenvalue weighted by atomic mass is 16.3. The lowest BCUT2D eigenvalue weighted by molar-refractivity contribution is 0.392. The van der Waals surface area contributed by atoms with Gasteiger partial charge in [0.1, 0.15) is 5.75 Å². The Balaban J connectivity index is 2.08. The summed E-state index contributed by atoms with van der Waals surface area (Å²) in [6.45, 7) is 3.27. The van der Waals surface area contributed by atoms with Gasteiger partial charge < -0.3 is 10.4 Å². The molecule has 0 aromatic heterocycles. The normalized spacial score (nSPS) is 28.3. The lowest BCUT2D eigenvalue weighted by atomic mass is 9.87. The molecule has 1 saturated heterocycles. The van der Waals surface area contributed by atoms with Crippen LogP contribution in [0.3, 0.4) is 0 Å². The van der Waals surface area contributed by atoms with Crippen molar-refractivity contribution >= 4 is 0 Å². The first-order valence-corrected chi connectivity index (χ1v) is 6.30. The summed E-state index contributed by atoms with van der Waals surface area (Å²) in [7, 11) is 0. The number of aryl methyl sites for hydroxylation is 1. The highest BCUT2D eigenvalue weighted by molar-refractivity contribution is 5.50. The van der Waals surface area contributed by atoms with Gasteiger partial charge in [-0.05, 0) is 56.7 Å². The van der Waals surface area contributed by atoms with Crippen molar-refractivity contribution in [3.8, 4) is 5.75 Å². The van der Waals surface area contributed by atoms with E-state index in [9.17, 15) is 5.11 Å². The maximum Gasteiger partial charge on any atom is 0.124 e. The highest BCUT2D eigenvalue weighted by Gasteiger charge is 2.33. The van der Waals surface area contributed by atoms with Gasteiger partial charge in [-0.3, -0.25) is 0 Å². The van der Waals surface area contributed by atoms with Crippen LogP contribution in [0, 0.1) is 0 Å². The van der Waals surface area contributed by atoms with E-state index in [0.29, 0.717) is 5.75 Å². The van der Waals surface area contributed by atoms with E-state index in [1.54, 1.807) is 0 Å². The second kappa shape index (κ2) is 3.49. The zero-order chi connectivity index (χ0) is 11.2. The zero-order valence-corrected chi connectivity index (χ0v) is 9.84. The molecule has 1 aliphatic carbocycles. The van der Waals surface area contributed by atoms with Gasteiger partial charge in [0.15, 0.2) is 0 Å². The Morgan fingerprint density at radius 3 is 2.88 bits per heavy atom. The van der Waals surface area contributed by atoms with Crippen molar-refractivity contribution in [2.45, 2.75) is 44.6 Å². The lowest BCUT2D eigenvalue weighted by Crippen LogP contribution is -2.33. The smallest absolute Gasteiger partial charge is 0.124 e. The Bertz CT molecular complexity index is 419. The first-order valence-electron chi connectivity index (χ1n) is 6.30. The van der Waals surface area contributed by atoms with E-state index >= 15 is 0 Å². The average Bonchev–Trinajstić information content (AvgIpc) is 2.87. The second-order valence-electron chi connectivity index (χ2n) is 5.32. The average molecular weight is 217 g/mol. The first kappa shape index (κ1) is 10.2. The SMILES string of the molecule is CC1(c2ccc3c(c2O)CCC3)CCCN1. The molecule has 86 valence electrons. The topological polar surface area (TPSA) is 32.3 Å².